The summed E-state index contributed by atoms with van der Waals surface area (Å²) in [4.78, 5) is 0.429. The third-order valence-electron chi connectivity index (χ3n) is 4.34. The third-order valence-corrected chi connectivity index (χ3v) is 5.62. The van der Waals surface area contributed by atoms with Gasteiger partial charge in [0.25, 0.3) is 0 Å². The van der Waals surface area contributed by atoms with Crippen molar-refractivity contribution in [3.63, 3.8) is 0 Å². The Kier molecular flexibility index (Phi) is 4.76. The van der Waals surface area contributed by atoms with Gasteiger partial charge < -0.3 is 9.47 Å². The zero-order valence-corrected chi connectivity index (χ0v) is 13.5. The van der Waals surface area contributed by atoms with Crippen molar-refractivity contribution in [2.75, 3.05) is 0 Å². The molecule has 0 heterocycles. The zero-order chi connectivity index (χ0) is 15.7. The van der Waals surface area contributed by atoms with Crippen LogP contribution >= 0.6 is 15.9 Å². The monoisotopic (exact) mass is 366 g/mol. The van der Waals surface area contributed by atoms with Gasteiger partial charge in [-0.25, -0.2) is 0 Å². The zero-order valence-electron chi connectivity index (χ0n) is 11.9. The van der Waals surface area contributed by atoms with Gasteiger partial charge in [0.05, 0.1) is 0 Å². The molecule has 1 aliphatic rings. The molecule has 2 nitrogen and oxygen atoms in total. The maximum absolute atomic E-state index is 12.1. The van der Waals surface area contributed by atoms with Gasteiger partial charge in [-0.15, -0.1) is 13.2 Å². The molecule has 1 saturated carbocycles. The predicted molar refractivity (Wildman–Crippen MR) is 77.9 cm³/mol. The van der Waals surface area contributed by atoms with Crippen LogP contribution in [0.1, 0.15) is 33.1 Å². The molecule has 6 heteroatoms. The van der Waals surface area contributed by atoms with Crippen molar-refractivity contribution in [3.05, 3.63) is 24.3 Å². The van der Waals surface area contributed by atoms with E-state index in [2.05, 4.69) is 34.5 Å². The second-order valence-corrected chi connectivity index (χ2v) is 6.37. The smallest absolute Gasteiger partial charge is 0.490 e. The van der Waals surface area contributed by atoms with Crippen LogP contribution in [-0.4, -0.2) is 17.3 Å². The highest BCUT2D eigenvalue weighted by Crippen LogP contribution is 2.52. The molecule has 21 heavy (non-hydrogen) atoms. The van der Waals surface area contributed by atoms with Gasteiger partial charge in [0, 0.05) is 10.2 Å². The number of rotatable bonds is 5. The second kappa shape index (κ2) is 6.07. The first-order chi connectivity index (χ1) is 9.80. The van der Waals surface area contributed by atoms with E-state index in [-0.39, 0.29) is 17.3 Å². The van der Waals surface area contributed by atoms with Gasteiger partial charge in [-0.05, 0) is 43.5 Å². The fourth-order valence-electron chi connectivity index (χ4n) is 2.90. The first kappa shape index (κ1) is 16.5. The molecule has 1 aromatic rings. The van der Waals surface area contributed by atoms with Crippen molar-refractivity contribution < 1.29 is 22.6 Å². The summed E-state index contributed by atoms with van der Waals surface area (Å²) in [5, 5.41) is 0. The molecule has 1 aromatic carbocycles. The second-order valence-electron chi connectivity index (χ2n) is 5.27. The molecule has 118 valence electrons. The topological polar surface area (TPSA) is 18.5 Å². The molecular formula is C15H18BrF3O2. The molecule has 1 fully saturated rings. The highest BCUT2D eigenvalue weighted by molar-refractivity contribution is 9.09. The standard InChI is InChI=1S/C15H18BrF3O2/c1-3-14(4-2)12(16)9-13(14)20-10-5-7-11(8-6-10)21-15(17,18)19/h5-8,12-13H,3-4,9H2,1-2H3. The van der Waals surface area contributed by atoms with Crippen LogP contribution in [0.3, 0.4) is 0 Å². The van der Waals surface area contributed by atoms with E-state index in [9.17, 15) is 13.2 Å². The fraction of sp³-hybridized carbons (Fsp3) is 0.600. The summed E-state index contributed by atoms with van der Waals surface area (Å²) >= 11 is 3.68. The largest absolute Gasteiger partial charge is 0.573 e. The van der Waals surface area contributed by atoms with Crippen LogP contribution in [0.2, 0.25) is 0 Å². The van der Waals surface area contributed by atoms with Crippen LogP contribution in [0.4, 0.5) is 13.2 Å². The van der Waals surface area contributed by atoms with E-state index >= 15 is 0 Å². The Balaban J connectivity index is 2.01. The van der Waals surface area contributed by atoms with E-state index < -0.39 is 6.36 Å². The maximum atomic E-state index is 12.1. The van der Waals surface area contributed by atoms with Crippen LogP contribution in [0.5, 0.6) is 11.5 Å². The Morgan fingerprint density at radius 1 is 1.14 bits per heavy atom. The lowest BCUT2D eigenvalue weighted by atomic mass is 9.62. The fourth-order valence-corrected chi connectivity index (χ4v) is 4.18. The number of benzene rings is 1. The SMILES string of the molecule is CCC1(CC)C(Br)CC1Oc1ccc(OC(F)(F)F)cc1. The molecule has 0 aliphatic heterocycles. The minimum absolute atomic E-state index is 0.0891. The molecule has 2 atom stereocenters. The molecule has 2 unspecified atom stereocenters. The van der Waals surface area contributed by atoms with Gasteiger partial charge in [0.15, 0.2) is 0 Å². The third kappa shape index (κ3) is 3.47. The summed E-state index contributed by atoms with van der Waals surface area (Å²) in [5.74, 6) is 0.333. The van der Waals surface area contributed by atoms with Crippen LogP contribution in [0.15, 0.2) is 24.3 Å². The Hall–Kier alpha value is -0.910. The molecule has 2 rings (SSSR count). The molecule has 0 bridgehead atoms. The lowest BCUT2D eigenvalue weighted by Crippen LogP contribution is -2.56. The van der Waals surface area contributed by atoms with E-state index in [0.29, 0.717) is 10.6 Å². The molecule has 0 aromatic heterocycles. The van der Waals surface area contributed by atoms with Gasteiger partial charge in [-0.1, -0.05) is 29.8 Å². The van der Waals surface area contributed by atoms with E-state index in [1.54, 1.807) is 0 Å². The van der Waals surface area contributed by atoms with Gasteiger partial charge in [0.2, 0.25) is 0 Å². The van der Waals surface area contributed by atoms with Crippen LogP contribution in [0.25, 0.3) is 0 Å². The van der Waals surface area contributed by atoms with Crippen molar-refractivity contribution in [1.29, 1.82) is 0 Å². The quantitative estimate of drug-likeness (QED) is 0.657. The van der Waals surface area contributed by atoms with Gasteiger partial charge in [-0.3, -0.25) is 0 Å². The molecule has 0 spiro atoms. The Morgan fingerprint density at radius 2 is 1.67 bits per heavy atom. The molecule has 0 N–H and O–H groups in total. The lowest BCUT2D eigenvalue weighted by Gasteiger charge is -2.52. The summed E-state index contributed by atoms with van der Waals surface area (Å²) in [6, 6.07) is 5.57. The molecular weight excluding hydrogens is 349 g/mol. The van der Waals surface area contributed by atoms with Crippen molar-refractivity contribution in [2.45, 2.75) is 50.4 Å². The average Bonchev–Trinajstić information content (AvgIpc) is 2.40. The van der Waals surface area contributed by atoms with Crippen molar-refractivity contribution in [2.24, 2.45) is 5.41 Å². The van der Waals surface area contributed by atoms with Crippen molar-refractivity contribution in [1.82, 2.24) is 0 Å². The summed E-state index contributed by atoms with van der Waals surface area (Å²) in [6.45, 7) is 4.26. The first-order valence-corrected chi connectivity index (χ1v) is 7.89. The molecule has 1 aliphatic carbocycles. The molecule has 0 saturated heterocycles. The summed E-state index contributed by atoms with van der Waals surface area (Å²) in [6.07, 6.45) is -1.67. The minimum atomic E-state index is -4.67. The van der Waals surface area contributed by atoms with Crippen LogP contribution < -0.4 is 9.47 Å². The average molecular weight is 367 g/mol. The summed E-state index contributed by atoms with van der Waals surface area (Å²) in [7, 11) is 0. The molecule has 0 radical (unpaired) electrons. The lowest BCUT2D eigenvalue weighted by molar-refractivity contribution is -0.274. The first-order valence-electron chi connectivity index (χ1n) is 6.97. The molecule has 0 amide bonds. The van der Waals surface area contributed by atoms with Crippen LogP contribution in [0, 0.1) is 5.41 Å². The highest BCUT2D eigenvalue weighted by atomic mass is 79.9. The van der Waals surface area contributed by atoms with E-state index in [1.165, 1.54) is 24.3 Å². The Morgan fingerprint density at radius 3 is 2.10 bits per heavy atom. The number of ether oxygens (including phenoxy) is 2. The van der Waals surface area contributed by atoms with Crippen LogP contribution in [-0.2, 0) is 0 Å². The van der Waals surface area contributed by atoms with Gasteiger partial charge in [0.1, 0.15) is 17.6 Å². The normalized spacial score (nSPS) is 24.3. The van der Waals surface area contributed by atoms with Crippen molar-refractivity contribution in [3.8, 4) is 11.5 Å². The highest BCUT2D eigenvalue weighted by Gasteiger charge is 2.53. The van der Waals surface area contributed by atoms with Gasteiger partial charge in [-0.2, -0.15) is 0 Å². The number of halogens is 4. The van der Waals surface area contributed by atoms with Crippen molar-refractivity contribution >= 4 is 15.9 Å². The van der Waals surface area contributed by atoms with E-state index in [4.69, 9.17) is 4.74 Å². The van der Waals surface area contributed by atoms with E-state index in [1.807, 2.05) is 0 Å². The number of hydrogen-bond acceptors (Lipinski definition) is 2. The Bertz CT molecular complexity index is 469. The van der Waals surface area contributed by atoms with Gasteiger partial charge >= 0.3 is 6.36 Å². The summed E-state index contributed by atoms with van der Waals surface area (Å²) < 4.78 is 46.1. The van der Waals surface area contributed by atoms with E-state index in [0.717, 1.165) is 19.3 Å². The Labute approximate surface area is 130 Å². The maximum Gasteiger partial charge on any atom is 0.573 e. The summed E-state index contributed by atoms with van der Waals surface area (Å²) in [5.41, 5.74) is 0.0984. The predicted octanol–water partition coefficient (Wildman–Crippen LogP) is 5.31. The number of hydrogen-bond donors (Lipinski definition) is 0. The minimum Gasteiger partial charge on any atom is -0.490 e. The number of alkyl halides is 4.